The van der Waals surface area contributed by atoms with Gasteiger partial charge in [-0.25, -0.2) is 0 Å². The van der Waals surface area contributed by atoms with E-state index in [2.05, 4.69) is 6.92 Å². The molecule has 29 heavy (non-hydrogen) atoms. The van der Waals surface area contributed by atoms with Crippen molar-refractivity contribution in [2.45, 2.75) is 102 Å². The standard InChI is InChI=1S/C25H41ClO3/c1-4-5-6-7-8-9-10-11-12-13-14-15-16-17-22(27)25(26)21-18-19-23(28-2)24(20-21)29-3/h18-20,25H,4-17H2,1-3H3. The molecule has 1 rings (SSSR count). The van der Waals surface area contributed by atoms with Gasteiger partial charge in [-0.05, 0) is 24.1 Å². The molecule has 0 aliphatic rings. The average Bonchev–Trinajstić information content (AvgIpc) is 2.75. The van der Waals surface area contributed by atoms with Crippen molar-refractivity contribution in [1.29, 1.82) is 0 Å². The van der Waals surface area contributed by atoms with Gasteiger partial charge in [0.05, 0.1) is 14.2 Å². The van der Waals surface area contributed by atoms with E-state index in [1.165, 1.54) is 70.6 Å². The summed E-state index contributed by atoms with van der Waals surface area (Å²) in [6.07, 6.45) is 17.5. The Hall–Kier alpha value is -1.22. The van der Waals surface area contributed by atoms with Gasteiger partial charge in [-0.2, -0.15) is 0 Å². The molecule has 0 amide bonds. The molecule has 0 spiro atoms. The number of unbranched alkanes of at least 4 members (excludes halogenated alkanes) is 12. The SMILES string of the molecule is CCCCCCCCCCCCCCCC(=O)C(Cl)c1ccc(OC)c(OC)c1. The number of benzene rings is 1. The maximum Gasteiger partial charge on any atom is 0.161 e. The minimum absolute atomic E-state index is 0.0851. The first-order valence-electron chi connectivity index (χ1n) is 11.5. The van der Waals surface area contributed by atoms with Crippen LogP contribution in [0, 0.1) is 0 Å². The molecular weight excluding hydrogens is 384 g/mol. The highest BCUT2D eigenvalue weighted by Crippen LogP contribution is 2.33. The van der Waals surface area contributed by atoms with Crippen molar-refractivity contribution in [1.82, 2.24) is 0 Å². The molecule has 0 heterocycles. The number of carbonyl (C=O) groups excluding carboxylic acids is 1. The fourth-order valence-corrected chi connectivity index (χ4v) is 3.88. The number of alkyl halides is 1. The minimum atomic E-state index is -0.618. The number of carbonyl (C=O) groups is 1. The second kappa shape index (κ2) is 16.6. The van der Waals surface area contributed by atoms with E-state index >= 15 is 0 Å². The number of ether oxygens (including phenoxy) is 2. The predicted octanol–water partition coefficient (Wildman–Crippen LogP) is 8.03. The molecule has 0 aliphatic heterocycles. The third-order valence-electron chi connectivity index (χ3n) is 5.51. The lowest BCUT2D eigenvalue weighted by Crippen LogP contribution is -2.07. The quantitative estimate of drug-likeness (QED) is 0.176. The van der Waals surface area contributed by atoms with E-state index in [1.807, 2.05) is 6.07 Å². The maximum atomic E-state index is 12.4. The van der Waals surface area contributed by atoms with E-state index in [1.54, 1.807) is 26.4 Å². The fourth-order valence-electron chi connectivity index (χ4n) is 3.64. The smallest absolute Gasteiger partial charge is 0.161 e. The summed E-state index contributed by atoms with van der Waals surface area (Å²) < 4.78 is 10.5. The molecule has 0 N–H and O–H groups in total. The van der Waals surface area contributed by atoms with E-state index in [9.17, 15) is 4.79 Å². The Balaban J connectivity index is 2.09. The van der Waals surface area contributed by atoms with Gasteiger partial charge in [-0.3, -0.25) is 4.79 Å². The lowest BCUT2D eigenvalue weighted by atomic mass is 10.0. The van der Waals surface area contributed by atoms with E-state index in [0.29, 0.717) is 17.9 Å². The van der Waals surface area contributed by atoms with Crippen LogP contribution in [-0.4, -0.2) is 20.0 Å². The van der Waals surface area contributed by atoms with Crippen molar-refractivity contribution in [3.63, 3.8) is 0 Å². The van der Waals surface area contributed by atoms with Gasteiger partial charge in [0.15, 0.2) is 17.3 Å². The van der Waals surface area contributed by atoms with Crippen LogP contribution in [-0.2, 0) is 4.79 Å². The molecule has 1 unspecified atom stereocenters. The van der Waals surface area contributed by atoms with Crippen LogP contribution in [0.25, 0.3) is 0 Å². The Morgan fingerprint density at radius 3 is 1.76 bits per heavy atom. The zero-order valence-electron chi connectivity index (χ0n) is 18.8. The summed E-state index contributed by atoms with van der Waals surface area (Å²) >= 11 is 6.39. The second-order valence-electron chi connectivity index (χ2n) is 7.94. The van der Waals surface area contributed by atoms with Crippen LogP contribution in [0.4, 0.5) is 0 Å². The number of ketones is 1. The van der Waals surface area contributed by atoms with E-state index in [0.717, 1.165) is 18.4 Å². The summed E-state index contributed by atoms with van der Waals surface area (Å²) in [6.45, 7) is 2.27. The fraction of sp³-hybridized carbons (Fsp3) is 0.720. The van der Waals surface area contributed by atoms with Crippen LogP contribution in [0.5, 0.6) is 11.5 Å². The van der Waals surface area contributed by atoms with Gasteiger partial charge >= 0.3 is 0 Å². The molecule has 0 saturated heterocycles. The molecular formula is C25H41ClO3. The van der Waals surface area contributed by atoms with Gasteiger partial charge in [-0.1, -0.05) is 90.0 Å². The van der Waals surface area contributed by atoms with Crippen LogP contribution >= 0.6 is 11.6 Å². The van der Waals surface area contributed by atoms with Crippen molar-refractivity contribution < 1.29 is 14.3 Å². The number of hydrogen-bond acceptors (Lipinski definition) is 3. The molecule has 0 saturated carbocycles. The van der Waals surface area contributed by atoms with Crippen molar-refractivity contribution in [3.05, 3.63) is 23.8 Å². The highest BCUT2D eigenvalue weighted by Gasteiger charge is 2.19. The van der Waals surface area contributed by atoms with E-state index in [4.69, 9.17) is 21.1 Å². The van der Waals surface area contributed by atoms with Gasteiger partial charge in [-0.15, -0.1) is 11.6 Å². The molecule has 3 nitrogen and oxygen atoms in total. The predicted molar refractivity (Wildman–Crippen MR) is 123 cm³/mol. The lowest BCUT2D eigenvalue weighted by Gasteiger charge is -2.13. The Bertz CT molecular complexity index is 559. The second-order valence-corrected chi connectivity index (χ2v) is 8.37. The molecule has 0 bridgehead atoms. The van der Waals surface area contributed by atoms with Gasteiger partial charge < -0.3 is 9.47 Å². The highest BCUT2D eigenvalue weighted by molar-refractivity contribution is 6.31. The Labute approximate surface area is 183 Å². The summed E-state index contributed by atoms with van der Waals surface area (Å²) in [4.78, 5) is 12.4. The molecule has 0 radical (unpaired) electrons. The first-order valence-corrected chi connectivity index (χ1v) is 12.0. The molecule has 4 heteroatoms. The third-order valence-corrected chi connectivity index (χ3v) is 6.01. The van der Waals surface area contributed by atoms with Crippen LogP contribution in [0.1, 0.15) is 108 Å². The Kier molecular flexibility index (Phi) is 14.7. The van der Waals surface area contributed by atoms with Gasteiger partial charge in [0, 0.05) is 6.42 Å². The van der Waals surface area contributed by atoms with Crippen LogP contribution in [0.3, 0.4) is 0 Å². The summed E-state index contributed by atoms with van der Waals surface area (Å²) in [7, 11) is 3.18. The largest absolute Gasteiger partial charge is 0.493 e. The summed E-state index contributed by atoms with van der Waals surface area (Å²) in [6, 6.07) is 5.42. The molecule has 1 aromatic carbocycles. The summed E-state index contributed by atoms with van der Waals surface area (Å²) in [5.74, 6) is 1.33. The Morgan fingerprint density at radius 2 is 1.28 bits per heavy atom. The van der Waals surface area contributed by atoms with Crippen LogP contribution in [0.15, 0.2) is 18.2 Å². The van der Waals surface area contributed by atoms with Crippen LogP contribution in [0.2, 0.25) is 0 Å². The van der Waals surface area contributed by atoms with Crippen molar-refractivity contribution in [2.75, 3.05) is 14.2 Å². The molecule has 0 aromatic heterocycles. The Morgan fingerprint density at radius 1 is 0.793 bits per heavy atom. The zero-order chi connectivity index (χ0) is 21.3. The number of hydrogen-bond donors (Lipinski definition) is 0. The zero-order valence-corrected chi connectivity index (χ0v) is 19.6. The molecule has 166 valence electrons. The lowest BCUT2D eigenvalue weighted by molar-refractivity contribution is -0.118. The average molecular weight is 425 g/mol. The number of halogens is 1. The molecule has 1 aromatic rings. The van der Waals surface area contributed by atoms with Gasteiger partial charge in [0.2, 0.25) is 0 Å². The number of methoxy groups -OCH3 is 2. The highest BCUT2D eigenvalue weighted by atomic mass is 35.5. The number of rotatable bonds is 18. The van der Waals surface area contributed by atoms with Crippen molar-refractivity contribution in [2.24, 2.45) is 0 Å². The van der Waals surface area contributed by atoms with Crippen molar-refractivity contribution >= 4 is 17.4 Å². The van der Waals surface area contributed by atoms with Gasteiger partial charge in [0.1, 0.15) is 5.38 Å². The van der Waals surface area contributed by atoms with Gasteiger partial charge in [0.25, 0.3) is 0 Å². The van der Waals surface area contributed by atoms with E-state index in [-0.39, 0.29) is 5.78 Å². The van der Waals surface area contributed by atoms with E-state index < -0.39 is 5.38 Å². The monoisotopic (exact) mass is 424 g/mol. The minimum Gasteiger partial charge on any atom is -0.493 e. The summed E-state index contributed by atoms with van der Waals surface area (Å²) in [5, 5.41) is -0.618. The first kappa shape index (κ1) is 25.8. The molecule has 0 fully saturated rings. The topological polar surface area (TPSA) is 35.5 Å². The number of Topliss-reactive ketones (excluding diaryl/α,β-unsaturated/α-hetero) is 1. The van der Waals surface area contributed by atoms with Crippen LogP contribution < -0.4 is 9.47 Å². The summed E-state index contributed by atoms with van der Waals surface area (Å²) in [5.41, 5.74) is 0.768. The van der Waals surface area contributed by atoms with Crippen molar-refractivity contribution in [3.8, 4) is 11.5 Å². The first-order chi connectivity index (χ1) is 14.1. The normalized spacial score (nSPS) is 12.0. The molecule has 0 aliphatic carbocycles. The third kappa shape index (κ3) is 10.9. The maximum absolute atomic E-state index is 12.4. The molecule has 1 atom stereocenters.